The summed E-state index contributed by atoms with van der Waals surface area (Å²) in [7, 11) is 0. The van der Waals surface area contributed by atoms with E-state index in [1.807, 2.05) is 24.3 Å². The zero-order valence-electron chi connectivity index (χ0n) is 13.5. The summed E-state index contributed by atoms with van der Waals surface area (Å²) in [6.45, 7) is 6.10. The molecule has 23 heavy (non-hydrogen) atoms. The van der Waals surface area contributed by atoms with Crippen LogP contribution in [-0.2, 0) is 11.3 Å². The second kappa shape index (κ2) is 7.69. The maximum absolute atomic E-state index is 6.00. The number of nitrogens with zero attached hydrogens (tertiary/aromatic N) is 3. The lowest BCUT2D eigenvalue weighted by Gasteiger charge is -2.15. The third-order valence-electron chi connectivity index (χ3n) is 3.78. The van der Waals surface area contributed by atoms with E-state index < -0.39 is 0 Å². The van der Waals surface area contributed by atoms with E-state index in [1.54, 1.807) is 11.8 Å². The van der Waals surface area contributed by atoms with Crippen LogP contribution in [0.2, 0.25) is 5.02 Å². The second-order valence-electron chi connectivity index (χ2n) is 6.26. The fourth-order valence-electron chi connectivity index (χ4n) is 2.61. The zero-order chi connectivity index (χ0) is 16.2. The summed E-state index contributed by atoms with van der Waals surface area (Å²) >= 11 is 7.76. The standard InChI is InChI=1S/C17H22ClN3OS/c1-12(2)11-23-17-20-19-16(13-5-7-14(18)8-6-13)21(17)10-15-4-3-9-22-15/h5-8,12,15H,3-4,9-11H2,1-2H3. The highest BCUT2D eigenvalue weighted by Gasteiger charge is 2.21. The minimum Gasteiger partial charge on any atom is -0.376 e. The molecule has 1 aliphatic heterocycles. The number of halogens is 1. The molecule has 0 spiro atoms. The van der Waals surface area contributed by atoms with Crippen molar-refractivity contribution in [3.8, 4) is 11.4 Å². The molecular formula is C17H22ClN3OS. The maximum atomic E-state index is 6.00. The van der Waals surface area contributed by atoms with Crippen LogP contribution in [0.1, 0.15) is 26.7 Å². The molecule has 0 saturated carbocycles. The fourth-order valence-corrected chi connectivity index (χ4v) is 3.63. The first-order valence-electron chi connectivity index (χ1n) is 8.07. The van der Waals surface area contributed by atoms with E-state index in [0.29, 0.717) is 5.92 Å². The Balaban J connectivity index is 1.89. The lowest BCUT2D eigenvalue weighted by atomic mass is 10.2. The molecule has 3 rings (SSSR count). The van der Waals surface area contributed by atoms with Gasteiger partial charge in [0.15, 0.2) is 11.0 Å². The van der Waals surface area contributed by atoms with E-state index in [0.717, 1.165) is 53.3 Å². The molecule has 4 nitrogen and oxygen atoms in total. The Morgan fingerprint density at radius 1 is 1.30 bits per heavy atom. The monoisotopic (exact) mass is 351 g/mol. The molecule has 0 radical (unpaired) electrons. The third-order valence-corrected chi connectivity index (χ3v) is 5.42. The van der Waals surface area contributed by atoms with Crippen LogP contribution in [0.4, 0.5) is 0 Å². The van der Waals surface area contributed by atoms with Crippen LogP contribution in [0.15, 0.2) is 29.4 Å². The number of ether oxygens (including phenoxy) is 1. The topological polar surface area (TPSA) is 39.9 Å². The van der Waals surface area contributed by atoms with Crippen molar-refractivity contribution in [1.29, 1.82) is 0 Å². The third kappa shape index (κ3) is 4.28. The van der Waals surface area contributed by atoms with Crippen LogP contribution in [0.25, 0.3) is 11.4 Å². The predicted octanol–water partition coefficient (Wildman–Crippen LogP) is 4.53. The molecule has 0 aliphatic carbocycles. The molecule has 1 unspecified atom stereocenters. The Morgan fingerprint density at radius 2 is 2.09 bits per heavy atom. The number of thioether (sulfide) groups is 1. The average Bonchev–Trinajstić information content (AvgIpc) is 3.17. The van der Waals surface area contributed by atoms with Gasteiger partial charge in [-0.1, -0.05) is 37.2 Å². The highest BCUT2D eigenvalue weighted by molar-refractivity contribution is 7.99. The van der Waals surface area contributed by atoms with Gasteiger partial charge in [0, 0.05) is 22.9 Å². The van der Waals surface area contributed by atoms with Crippen molar-refractivity contribution in [2.24, 2.45) is 5.92 Å². The summed E-state index contributed by atoms with van der Waals surface area (Å²) in [6, 6.07) is 7.77. The Bertz CT molecular complexity index is 636. The molecule has 124 valence electrons. The van der Waals surface area contributed by atoms with Gasteiger partial charge in [-0.15, -0.1) is 10.2 Å². The molecule has 1 aliphatic rings. The second-order valence-corrected chi connectivity index (χ2v) is 7.69. The fraction of sp³-hybridized carbons (Fsp3) is 0.529. The molecule has 2 heterocycles. The summed E-state index contributed by atoms with van der Waals surface area (Å²) in [4.78, 5) is 0. The van der Waals surface area contributed by atoms with Gasteiger partial charge in [0.1, 0.15) is 0 Å². The lowest BCUT2D eigenvalue weighted by molar-refractivity contribution is 0.0953. The van der Waals surface area contributed by atoms with Gasteiger partial charge in [-0.05, 0) is 43.0 Å². The van der Waals surface area contributed by atoms with Gasteiger partial charge in [-0.2, -0.15) is 0 Å². The molecule has 0 amide bonds. The van der Waals surface area contributed by atoms with Gasteiger partial charge in [-0.3, -0.25) is 4.57 Å². The maximum Gasteiger partial charge on any atom is 0.191 e. The van der Waals surface area contributed by atoms with Crippen molar-refractivity contribution in [3.05, 3.63) is 29.3 Å². The number of aromatic nitrogens is 3. The highest BCUT2D eigenvalue weighted by atomic mass is 35.5. The quantitative estimate of drug-likeness (QED) is 0.717. The Kier molecular flexibility index (Phi) is 5.62. The Hall–Kier alpha value is -1.04. The number of hydrogen-bond acceptors (Lipinski definition) is 4. The van der Waals surface area contributed by atoms with Gasteiger partial charge in [-0.25, -0.2) is 0 Å². The van der Waals surface area contributed by atoms with Gasteiger partial charge in [0.25, 0.3) is 0 Å². The molecule has 1 atom stereocenters. The van der Waals surface area contributed by atoms with E-state index in [1.165, 1.54) is 0 Å². The van der Waals surface area contributed by atoms with Gasteiger partial charge < -0.3 is 4.74 Å². The van der Waals surface area contributed by atoms with Gasteiger partial charge >= 0.3 is 0 Å². The molecule has 2 aromatic rings. The first-order valence-corrected chi connectivity index (χ1v) is 9.43. The van der Waals surface area contributed by atoms with E-state index >= 15 is 0 Å². The predicted molar refractivity (Wildman–Crippen MR) is 95.0 cm³/mol. The molecule has 0 bridgehead atoms. The summed E-state index contributed by atoms with van der Waals surface area (Å²) < 4.78 is 8.01. The molecule has 1 aromatic carbocycles. The summed E-state index contributed by atoms with van der Waals surface area (Å²) in [5.41, 5.74) is 1.04. The van der Waals surface area contributed by atoms with Crippen molar-refractivity contribution < 1.29 is 4.74 Å². The van der Waals surface area contributed by atoms with Crippen molar-refractivity contribution in [2.45, 2.75) is 44.5 Å². The Labute approximate surface area is 146 Å². The van der Waals surface area contributed by atoms with Gasteiger partial charge in [0.05, 0.1) is 12.6 Å². The average molecular weight is 352 g/mol. The van der Waals surface area contributed by atoms with E-state index in [4.69, 9.17) is 16.3 Å². The number of rotatable bonds is 6. The van der Waals surface area contributed by atoms with Crippen LogP contribution in [0, 0.1) is 5.92 Å². The van der Waals surface area contributed by atoms with Crippen molar-refractivity contribution in [3.63, 3.8) is 0 Å². The first kappa shape index (κ1) is 16.8. The molecule has 1 saturated heterocycles. The molecule has 1 fully saturated rings. The largest absolute Gasteiger partial charge is 0.376 e. The summed E-state index contributed by atoms with van der Waals surface area (Å²) in [5, 5.41) is 10.5. The normalized spacial score (nSPS) is 18.0. The van der Waals surface area contributed by atoms with E-state index in [9.17, 15) is 0 Å². The van der Waals surface area contributed by atoms with E-state index in [-0.39, 0.29) is 6.10 Å². The van der Waals surface area contributed by atoms with E-state index in [2.05, 4.69) is 28.6 Å². The SMILES string of the molecule is CC(C)CSc1nnc(-c2ccc(Cl)cc2)n1CC1CCCO1. The van der Waals surface area contributed by atoms with Crippen molar-refractivity contribution >= 4 is 23.4 Å². The summed E-state index contributed by atoms with van der Waals surface area (Å²) in [6.07, 6.45) is 2.50. The molecule has 1 aromatic heterocycles. The lowest BCUT2D eigenvalue weighted by Crippen LogP contribution is -2.16. The van der Waals surface area contributed by atoms with Crippen molar-refractivity contribution in [2.75, 3.05) is 12.4 Å². The highest BCUT2D eigenvalue weighted by Crippen LogP contribution is 2.28. The van der Waals surface area contributed by atoms with Crippen LogP contribution >= 0.6 is 23.4 Å². The zero-order valence-corrected chi connectivity index (χ0v) is 15.1. The van der Waals surface area contributed by atoms with Crippen LogP contribution < -0.4 is 0 Å². The first-order chi connectivity index (χ1) is 11.1. The van der Waals surface area contributed by atoms with Crippen LogP contribution in [-0.4, -0.2) is 33.2 Å². The minimum absolute atomic E-state index is 0.260. The molecule has 0 N–H and O–H groups in total. The van der Waals surface area contributed by atoms with Crippen molar-refractivity contribution in [1.82, 2.24) is 14.8 Å². The smallest absolute Gasteiger partial charge is 0.191 e. The number of hydrogen-bond donors (Lipinski definition) is 0. The van der Waals surface area contributed by atoms with Gasteiger partial charge in [0.2, 0.25) is 0 Å². The summed E-state index contributed by atoms with van der Waals surface area (Å²) in [5.74, 6) is 2.54. The molecular weight excluding hydrogens is 330 g/mol. The minimum atomic E-state index is 0.260. The Morgan fingerprint density at radius 3 is 2.74 bits per heavy atom. The number of benzene rings is 1. The van der Waals surface area contributed by atoms with Crippen LogP contribution in [0.3, 0.4) is 0 Å². The molecule has 6 heteroatoms. The van der Waals surface area contributed by atoms with Crippen LogP contribution in [0.5, 0.6) is 0 Å².